The molecule has 5 aromatic rings. The highest BCUT2D eigenvalue weighted by molar-refractivity contribution is 7.27. The van der Waals surface area contributed by atoms with Crippen molar-refractivity contribution < 1.29 is 0 Å². The number of thiophene rings is 2. The number of hydrogen-bond donors (Lipinski definition) is 0. The van der Waals surface area contributed by atoms with E-state index in [-0.39, 0.29) is 0 Å². The molecular formula is C20H12S2. The minimum Gasteiger partial charge on any atom is -0.144 e. The zero-order valence-corrected chi connectivity index (χ0v) is 13.4. The van der Waals surface area contributed by atoms with E-state index in [0.717, 1.165) is 0 Å². The monoisotopic (exact) mass is 316 g/mol. The molecule has 3 aromatic carbocycles. The smallest absolute Gasteiger partial charge is 0.0440 e. The van der Waals surface area contributed by atoms with Crippen LogP contribution in [0, 0.1) is 0 Å². The predicted molar refractivity (Wildman–Crippen MR) is 100 cm³/mol. The first kappa shape index (κ1) is 12.4. The highest BCUT2D eigenvalue weighted by atomic mass is 32.1. The lowest BCUT2D eigenvalue weighted by atomic mass is 9.99. The highest BCUT2D eigenvalue weighted by Gasteiger charge is 2.14. The van der Waals surface area contributed by atoms with Crippen molar-refractivity contribution in [2.45, 2.75) is 0 Å². The third kappa shape index (κ3) is 1.68. The second-order valence-electron chi connectivity index (χ2n) is 5.42. The van der Waals surface area contributed by atoms with Crippen molar-refractivity contribution in [1.82, 2.24) is 0 Å². The molecule has 0 amide bonds. The minimum atomic E-state index is 1.32. The topological polar surface area (TPSA) is 0 Å². The lowest BCUT2D eigenvalue weighted by molar-refractivity contribution is 1.80. The molecule has 0 aliphatic carbocycles. The molecule has 0 atom stereocenters. The van der Waals surface area contributed by atoms with Crippen LogP contribution in [-0.4, -0.2) is 0 Å². The van der Waals surface area contributed by atoms with Crippen molar-refractivity contribution in [3.05, 3.63) is 72.1 Å². The van der Waals surface area contributed by atoms with Gasteiger partial charge in [0, 0.05) is 30.6 Å². The van der Waals surface area contributed by atoms with Crippen LogP contribution in [0.25, 0.3) is 41.4 Å². The van der Waals surface area contributed by atoms with Gasteiger partial charge in [0.15, 0.2) is 0 Å². The third-order valence-corrected chi connectivity index (χ3v) is 6.26. The molecule has 0 saturated heterocycles. The van der Waals surface area contributed by atoms with Crippen LogP contribution in [0.4, 0.5) is 0 Å². The summed E-state index contributed by atoms with van der Waals surface area (Å²) in [5, 5.41) is 7.62. The first-order valence-corrected chi connectivity index (χ1v) is 8.98. The first-order chi connectivity index (χ1) is 10.9. The van der Waals surface area contributed by atoms with Gasteiger partial charge in [-0.1, -0.05) is 48.5 Å². The van der Waals surface area contributed by atoms with Crippen LogP contribution in [-0.2, 0) is 0 Å². The maximum atomic E-state index is 2.35. The van der Waals surface area contributed by atoms with Gasteiger partial charge >= 0.3 is 0 Å². The number of fused-ring (bicyclic) bond motifs is 5. The molecule has 2 aromatic heterocycles. The van der Waals surface area contributed by atoms with Gasteiger partial charge in [-0.15, -0.1) is 22.7 Å². The molecule has 104 valence electrons. The van der Waals surface area contributed by atoms with Gasteiger partial charge in [-0.2, -0.15) is 0 Å². The van der Waals surface area contributed by atoms with Crippen molar-refractivity contribution in [2.75, 3.05) is 0 Å². The average molecular weight is 316 g/mol. The molecule has 0 aliphatic rings. The van der Waals surface area contributed by atoms with E-state index in [1.165, 1.54) is 41.4 Å². The Bertz CT molecular complexity index is 1110. The minimum absolute atomic E-state index is 1.32. The lowest BCUT2D eigenvalue weighted by Crippen LogP contribution is -1.79. The quantitative estimate of drug-likeness (QED) is 0.314. The standard InChI is InChI=1S/C20H12S2/c1-2-7-14-13(6-1)12-16(17-10-5-11-21-17)19-15-8-3-4-9-18(15)22-20(14)19/h1-12H. The molecule has 0 bridgehead atoms. The zero-order valence-electron chi connectivity index (χ0n) is 11.7. The number of rotatable bonds is 1. The van der Waals surface area contributed by atoms with Gasteiger partial charge < -0.3 is 0 Å². The van der Waals surface area contributed by atoms with Crippen molar-refractivity contribution in [1.29, 1.82) is 0 Å². The number of benzene rings is 3. The van der Waals surface area contributed by atoms with Gasteiger partial charge in [0.05, 0.1) is 0 Å². The van der Waals surface area contributed by atoms with E-state index in [1.54, 1.807) is 0 Å². The van der Waals surface area contributed by atoms with E-state index < -0.39 is 0 Å². The molecule has 0 aliphatic heterocycles. The zero-order chi connectivity index (χ0) is 14.5. The van der Waals surface area contributed by atoms with Crippen LogP contribution in [0.15, 0.2) is 72.1 Å². The Balaban J connectivity index is 2.09. The maximum Gasteiger partial charge on any atom is 0.0440 e. The summed E-state index contributed by atoms with van der Waals surface area (Å²) in [7, 11) is 0. The molecule has 0 spiro atoms. The Kier molecular flexibility index (Phi) is 2.63. The van der Waals surface area contributed by atoms with E-state index in [2.05, 4.69) is 72.1 Å². The fraction of sp³-hybridized carbons (Fsp3) is 0. The maximum absolute atomic E-state index is 2.35. The molecule has 0 radical (unpaired) electrons. The molecule has 0 N–H and O–H groups in total. The molecule has 0 nitrogen and oxygen atoms in total. The van der Waals surface area contributed by atoms with Gasteiger partial charge in [-0.05, 0) is 34.4 Å². The third-order valence-electron chi connectivity index (χ3n) is 4.16. The molecule has 0 unspecified atom stereocenters. The van der Waals surface area contributed by atoms with Crippen LogP contribution in [0.1, 0.15) is 0 Å². The SMILES string of the molecule is c1csc(-c2cc3ccccc3c3sc4ccccc4c23)c1. The summed E-state index contributed by atoms with van der Waals surface area (Å²) in [6.07, 6.45) is 0. The Hall–Kier alpha value is -2.16. The van der Waals surface area contributed by atoms with Crippen molar-refractivity contribution in [3.63, 3.8) is 0 Å². The summed E-state index contributed by atoms with van der Waals surface area (Å²) in [6.45, 7) is 0. The van der Waals surface area contributed by atoms with Gasteiger partial charge in [0.2, 0.25) is 0 Å². The summed E-state index contributed by atoms with van der Waals surface area (Å²) in [5.74, 6) is 0. The first-order valence-electron chi connectivity index (χ1n) is 7.29. The molecule has 2 heterocycles. The predicted octanol–water partition coefficient (Wildman–Crippen LogP) is 6.94. The van der Waals surface area contributed by atoms with E-state index in [9.17, 15) is 0 Å². The van der Waals surface area contributed by atoms with Crippen LogP contribution in [0.3, 0.4) is 0 Å². The summed E-state index contributed by atoms with van der Waals surface area (Å²) >= 11 is 3.72. The molecule has 22 heavy (non-hydrogen) atoms. The number of hydrogen-bond acceptors (Lipinski definition) is 2. The van der Waals surface area contributed by atoms with Crippen LogP contribution >= 0.6 is 22.7 Å². The fourth-order valence-electron chi connectivity index (χ4n) is 3.19. The fourth-order valence-corrected chi connectivity index (χ4v) is 5.20. The summed E-state index contributed by atoms with van der Waals surface area (Å²) < 4.78 is 2.77. The van der Waals surface area contributed by atoms with E-state index in [4.69, 9.17) is 0 Å². The van der Waals surface area contributed by atoms with Crippen molar-refractivity contribution in [2.24, 2.45) is 0 Å². The van der Waals surface area contributed by atoms with Crippen LogP contribution in [0.2, 0.25) is 0 Å². The van der Waals surface area contributed by atoms with Crippen molar-refractivity contribution >= 4 is 53.6 Å². The molecule has 0 saturated carbocycles. The summed E-state index contributed by atoms with van der Waals surface area (Å²) in [5.41, 5.74) is 1.36. The van der Waals surface area contributed by atoms with E-state index in [0.29, 0.717) is 0 Å². The van der Waals surface area contributed by atoms with Gasteiger partial charge in [0.1, 0.15) is 0 Å². The van der Waals surface area contributed by atoms with Crippen LogP contribution in [0.5, 0.6) is 0 Å². The Labute approximate surface area is 136 Å². The van der Waals surface area contributed by atoms with Gasteiger partial charge in [0.25, 0.3) is 0 Å². The Morgan fingerprint density at radius 1 is 0.727 bits per heavy atom. The summed E-state index contributed by atoms with van der Waals surface area (Å²) in [6, 6.07) is 24.2. The molecule has 5 rings (SSSR count). The van der Waals surface area contributed by atoms with Gasteiger partial charge in [-0.3, -0.25) is 0 Å². The highest BCUT2D eigenvalue weighted by Crippen LogP contribution is 2.44. The second-order valence-corrected chi connectivity index (χ2v) is 7.42. The largest absolute Gasteiger partial charge is 0.144 e. The summed E-state index contributed by atoms with van der Waals surface area (Å²) in [4.78, 5) is 1.35. The molecule has 2 heteroatoms. The molecule has 0 fully saturated rings. The van der Waals surface area contributed by atoms with Crippen LogP contribution < -0.4 is 0 Å². The average Bonchev–Trinajstić information content (AvgIpc) is 3.22. The van der Waals surface area contributed by atoms with E-state index in [1.807, 2.05) is 22.7 Å². The molecular weight excluding hydrogens is 304 g/mol. The van der Waals surface area contributed by atoms with Gasteiger partial charge in [-0.25, -0.2) is 0 Å². The van der Waals surface area contributed by atoms with E-state index >= 15 is 0 Å². The van der Waals surface area contributed by atoms with Crippen molar-refractivity contribution in [3.8, 4) is 10.4 Å². The Morgan fingerprint density at radius 2 is 1.55 bits per heavy atom. The Morgan fingerprint density at radius 3 is 2.41 bits per heavy atom. The lowest BCUT2D eigenvalue weighted by Gasteiger charge is -2.06. The second kappa shape index (κ2) is 4.67. The normalized spacial score (nSPS) is 11.6.